The van der Waals surface area contributed by atoms with Gasteiger partial charge in [0.2, 0.25) is 29.5 Å². The fraction of sp³-hybridized carbons (Fsp3) is 0.872. The molecule has 3 rings (SSSR count). The van der Waals surface area contributed by atoms with Gasteiger partial charge in [0, 0.05) is 19.6 Å². The highest BCUT2D eigenvalue weighted by Gasteiger charge is 2.39. The molecule has 0 radical (unpaired) electrons. The number of likely N-dealkylation sites (N-methyl/N-ethyl adjacent to an activating group) is 1. The number of amides is 5. The number of unbranched alkanes of at least 4 members (excludes halogenated alkanes) is 3. The van der Waals surface area contributed by atoms with Gasteiger partial charge in [-0.3, -0.25) is 24.0 Å². The lowest BCUT2D eigenvalue weighted by atomic mass is 9.82. The third-order valence-corrected chi connectivity index (χ3v) is 11.4. The van der Waals surface area contributed by atoms with Crippen LogP contribution in [0.15, 0.2) is 0 Å². The second kappa shape index (κ2) is 23.2. The molecule has 1 heterocycles. The van der Waals surface area contributed by atoms with Crippen LogP contribution in [-0.4, -0.2) is 110 Å². The van der Waals surface area contributed by atoms with E-state index in [1.807, 2.05) is 20.8 Å². The van der Waals surface area contributed by atoms with Gasteiger partial charge in [0.05, 0.1) is 31.3 Å². The van der Waals surface area contributed by atoms with E-state index in [1.165, 1.54) is 4.90 Å². The summed E-state index contributed by atoms with van der Waals surface area (Å²) in [5.74, 6) is -2.57. The number of hydrogen-bond donors (Lipinski definition) is 6. The van der Waals surface area contributed by atoms with Crippen molar-refractivity contribution in [1.82, 2.24) is 26.2 Å². The molecule has 14 nitrogen and oxygen atoms in total. The van der Waals surface area contributed by atoms with Crippen molar-refractivity contribution in [1.29, 1.82) is 0 Å². The predicted molar refractivity (Wildman–Crippen MR) is 204 cm³/mol. The first-order valence-corrected chi connectivity index (χ1v) is 20.5. The average Bonchev–Trinajstić information content (AvgIpc) is 3.41. The van der Waals surface area contributed by atoms with E-state index in [4.69, 9.17) is 20.9 Å². The van der Waals surface area contributed by atoms with E-state index in [1.54, 1.807) is 7.05 Å². The van der Waals surface area contributed by atoms with E-state index >= 15 is 0 Å². The maximum atomic E-state index is 14.2. The van der Waals surface area contributed by atoms with Crippen LogP contribution in [0, 0.1) is 17.8 Å². The molecule has 0 aromatic carbocycles. The monoisotopic (exact) mass is 750 g/mol. The molecule has 7 atom stereocenters. The van der Waals surface area contributed by atoms with Gasteiger partial charge in [-0.1, -0.05) is 78.6 Å². The molecule has 0 aromatic heterocycles. The van der Waals surface area contributed by atoms with Gasteiger partial charge < -0.3 is 47.1 Å². The van der Waals surface area contributed by atoms with Crippen molar-refractivity contribution in [2.24, 2.45) is 29.2 Å². The van der Waals surface area contributed by atoms with E-state index in [-0.39, 0.29) is 37.7 Å². The van der Waals surface area contributed by atoms with Crippen molar-refractivity contribution in [2.75, 3.05) is 33.4 Å². The number of ether oxygens (including phenoxy) is 2. The van der Waals surface area contributed by atoms with Crippen LogP contribution < -0.4 is 32.7 Å². The molecule has 304 valence electrons. The molecule has 0 bridgehead atoms. The van der Waals surface area contributed by atoms with Crippen LogP contribution in [0.4, 0.5) is 0 Å². The second-order valence-electron chi connectivity index (χ2n) is 15.8. The van der Waals surface area contributed by atoms with Gasteiger partial charge in [-0.05, 0) is 63.8 Å². The summed E-state index contributed by atoms with van der Waals surface area (Å²) < 4.78 is 12.4. The third kappa shape index (κ3) is 13.8. The molecule has 8 N–H and O–H groups in total. The highest BCUT2D eigenvalue weighted by molar-refractivity contribution is 5.96. The molecule has 3 aliphatic rings. The Kier molecular flexibility index (Phi) is 19.5. The van der Waals surface area contributed by atoms with Crippen molar-refractivity contribution in [3.8, 4) is 0 Å². The van der Waals surface area contributed by atoms with Crippen LogP contribution in [0.1, 0.15) is 124 Å². The zero-order valence-electron chi connectivity index (χ0n) is 33.2. The summed E-state index contributed by atoms with van der Waals surface area (Å²) in [6.07, 6.45) is 12.2. The molecule has 1 saturated heterocycles. The Morgan fingerprint density at radius 2 is 1.42 bits per heavy atom. The number of hydrogen-bond acceptors (Lipinski definition) is 9. The molecule has 53 heavy (non-hydrogen) atoms. The van der Waals surface area contributed by atoms with Crippen LogP contribution in [0.5, 0.6) is 0 Å². The number of nitrogens with two attached hydrogens (primary N) is 2. The highest BCUT2D eigenvalue weighted by Crippen LogP contribution is 2.29. The Bertz CT molecular complexity index is 1160. The highest BCUT2D eigenvalue weighted by atomic mass is 16.5. The fourth-order valence-electron chi connectivity index (χ4n) is 7.79. The Hall–Kier alpha value is -2.81. The number of nitrogens with one attached hydrogen (secondary N) is 4. The molecule has 2 aliphatic carbocycles. The van der Waals surface area contributed by atoms with Crippen LogP contribution in [0.2, 0.25) is 0 Å². The quantitative estimate of drug-likeness (QED) is 0.120. The molecule has 2 saturated carbocycles. The van der Waals surface area contributed by atoms with Gasteiger partial charge >= 0.3 is 0 Å². The second-order valence-corrected chi connectivity index (χ2v) is 15.8. The maximum Gasteiger partial charge on any atom is 0.245 e. The summed E-state index contributed by atoms with van der Waals surface area (Å²) in [5, 5.41) is 11.6. The van der Waals surface area contributed by atoms with Gasteiger partial charge in [0.25, 0.3) is 0 Å². The molecular weight excluding hydrogens is 678 g/mol. The molecule has 5 amide bonds. The topological polar surface area (TPSA) is 207 Å². The standard InChI is InChI=1S/C39H71N7O7/c1-6-8-9-14-18-33-26(4)39(51)46(5)32(15-7-2)37(49)45-34(28-16-12-10-11-13-17-28)38(50)43-30(22-41)35(47)44-31(36(48)42-25(3)23-53-33)24-52-29-19-27(20-29)21-40/h25-34H,6-24,40-41H2,1-5H3,(H,42,48)(H,43,50)(H,44,47)(H,45,49)/t25-,26-,27-,29-,30+,31+,32+,33-,34+/m1/s1. The molecule has 3 fully saturated rings. The summed E-state index contributed by atoms with van der Waals surface area (Å²) in [6.45, 7) is 8.15. The van der Waals surface area contributed by atoms with E-state index in [9.17, 15) is 24.0 Å². The fourth-order valence-corrected chi connectivity index (χ4v) is 7.79. The number of carbonyl (C=O) groups is 5. The van der Waals surface area contributed by atoms with E-state index in [0.29, 0.717) is 31.7 Å². The van der Waals surface area contributed by atoms with Crippen LogP contribution in [0.25, 0.3) is 0 Å². The predicted octanol–water partition coefficient (Wildman–Crippen LogP) is 2.26. The van der Waals surface area contributed by atoms with Crippen molar-refractivity contribution in [3.63, 3.8) is 0 Å². The third-order valence-electron chi connectivity index (χ3n) is 11.4. The molecule has 0 spiro atoms. The van der Waals surface area contributed by atoms with Gasteiger partial charge in [0.1, 0.15) is 24.2 Å². The van der Waals surface area contributed by atoms with E-state index in [2.05, 4.69) is 28.2 Å². The van der Waals surface area contributed by atoms with Gasteiger partial charge in [0.15, 0.2) is 0 Å². The summed E-state index contributed by atoms with van der Waals surface area (Å²) in [5.41, 5.74) is 11.8. The Labute approximate surface area is 317 Å². The summed E-state index contributed by atoms with van der Waals surface area (Å²) >= 11 is 0. The smallest absolute Gasteiger partial charge is 0.245 e. The SMILES string of the molecule is CCCCCC[C@H]1OC[C@@H](C)NC(=O)[C@H](CO[C@H]2C[C@H](CN)C2)NC(=O)[C@H](CN)NC(=O)[C@H](C2CCCCCC2)NC(=O)[C@H](CCC)N(C)C(=O)[C@@H]1C. The van der Waals surface area contributed by atoms with Crippen LogP contribution in [0.3, 0.4) is 0 Å². The first-order chi connectivity index (χ1) is 25.4. The van der Waals surface area contributed by atoms with Crippen molar-refractivity contribution in [3.05, 3.63) is 0 Å². The Balaban J connectivity index is 1.97. The van der Waals surface area contributed by atoms with Gasteiger partial charge in [-0.25, -0.2) is 0 Å². The maximum absolute atomic E-state index is 14.2. The molecular formula is C39H71N7O7. The minimum absolute atomic E-state index is 0.0675. The number of nitrogens with zero attached hydrogens (tertiary/aromatic N) is 1. The van der Waals surface area contributed by atoms with Crippen molar-refractivity contribution in [2.45, 2.75) is 166 Å². The first-order valence-electron chi connectivity index (χ1n) is 20.5. The van der Waals surface area contributed by atoms with Gasteiger partial charge in [-0.15, -0.1) is 0 Å². The average molecular weight is 750 g/mol. The first kappa shape index (κ1) is 44.6. The zero-order chi connectivity index (χ0) is 38.9. The summed E-state index contributed by atoms with van der Waals surface area (Å²) in [7, 11) is 1.65. The van der Waals surface area contributed by atoms with Crippen molar-refractivity contribution >= 4 is 29.5 Å². The Morgan fingerprint density at radius 3 is 2.04 bits per heavy atom. The molecule has 0 aromatic rings. The van der Waals surface area contributed by atoms with Crippen LogP contribution >= 0.6 is 0 Å². The lowest BCUT2D eigenvalue weighted by molar-refractivity contribution is -0.147. The largest absolute Gasteiger partial charge is 0.376 e. The number of rotatable bonds is 13. The van der Waals surface area contributed by atoms with Crippen LogP contribution in [-0.2, 0) is 33.4 Å². The zero-order valence-corrected chi connectivity index (χ0v) is 33.2. The lowest BCUT2D eigenvalue weighted by Crippen LogP contribution is -2.62. The molecule has 1 aliphatic heterocycles. The summed E-state index contributed by atoms with van der Waals surface area (Å²) in [6, 6.07) is -4.43. The normalized spacial score (nSPS) is 32.2. The Morgan fingerprint density at radius 1 is 0.755 bits per heavy atom. The van der Waals surface area contributed by atoms with E-state index in [0.717, 1.165) is 77.0 Å². The minimum Gasteiger partial charge on any atom is -0.376 e. The van der Waals surface area contributed by atoms with Crippen molar-refractivity contribution < 1.29 is 33.4 Å². The molecule has 0 unspecified atom stereocenters. The summed E-state index contributed by atoms with van der Waals surface area (Å²) in [4.78, 5) is 71.3. The van der Waals surface area contributed by atoms with E-state index < -0.39 is 65.9 Å². The minimum atomic E-state index is -1.17. The van der Waals surface area contributed by atoms with Gasteiger partial charge in [-0.2, -0.15) is 0 Å². The number of carbonyl (C=O) groups excluding carboxylic acids is 5. The molecule has 14 heteroatoms. The lowest BCUT2D eigenvalue weighted by Gasteiger charge is -2.35.